The van der Waals surface area contributed by atoms with Crippen LogP contribution in [0.25, 0.3) is 10.6 Å². The van der Waals surface area contributed by atoms with E-state index in [2.05, 4.69) is 46.9 Å². The topological polar surface area (TPSA) is 28.2 Å². The first-order chi connectivity index (χ1) is 8.83. The zero-order valence-corrected chi connectivity index (χ0v) is 11.3. The van der Waals surface area contributed by atoms with Crippen LogP contribution in [-0.4, -0.2) is 36.6 Å². The zero-order valence-electron chi connectivity index (χ0n) is 10.5. The molecule has 0 bridgehead atoms. The van der Waals surface area contributed by atoms with Gasteiger partial charge in [0, 0.05) is 30.6 Å². The van der Waals surface area contributed by atoms with E-state index in [0.717, 1.165) is 24.6 Å². The van der Waals surface area contributed by atoms with Crippen molar-refractivity contribution >= 4 is 11.3 Å². The minimum absolute atomic E-state index is 0.373. The summed E-state index contributed by atoms with van der Waals surface area (Å²) in [5.41, 5.74) is 2.38. The van der Waals surface area contributed by atoms with Crippen molar-refractivity contribution in [3.63, 3.8) is 0 Å². The first-order valence-corrected chi connectivity index (χ1v) is 7.13. The summed E-state index contributed by atoms with van der Waals surface area (Å²) in [5.74, 6) is 0. The summed E-state index contributed by atoms with van der Waals surface area (Å²) in [5, 5.41) is 6.82. The van der Waals surface area contributed by atoms with Crippen LogP contribution >= 0.6 is 11.3 Å². The number of hydrogen-bond donors (Lipinski definition) is 1. The Labute approximate surface area is 111 Å². The van der Waals surface area contributed by atoms with Crippen LogP contribution in [0.1, 0.15) is 11.7 Å². The number of likely N-dealkylation sites (N-methyl/N-ethyl adjacent to an activating group) is 1. The van der Waals surface area contributed by atoms with Crippen molar-refractivity contribution in [1.82, 2.24) is 15.2 Å². The van der Waals surface area contributed by atoms with Crippen LogP contribution in [0, 0.1) is 0 Å². The summed E-state index contributed by atoms with van der Waals surface area (Å²) in [6, 6.07) is 10.8. The molecule has 3 rings (SSSR count). The van der Waals surface area contributed by atoms with Gasteiger partial charge in [-0.3, -0.25) is 0 Å². The highest BCUT2D eigenvalue weighted by molar-refractivity contribution is 7.13. The van der Waals surface area contributed by atoms with Crippen LogP contribution in [0.15, 0.2) is 35.7 Å². The Hall–Kier alpha value is -1.23. The Morgan fingerprint density at radius 3 is 2.94 bits per heavy atom. The maximum Gasteiger partial charge on any atom is 0.123 e. The van der Waals surface area contributed by atoms with Crippen LogP contribution in [0.2, 0.25) is 0 Å². The minimum Gasteiger partial charge on any atom is -0.306 e. The van der Waals surface area contributed by atoms with Crippen molar-refractivity contribution in [1.29, 1.82) is 0 Å². The van der Waals surface area contributed by atoms with Gasteiger partial charge in [-0.15, -0.1) is 11.3 Å². The van der Waals surface area contributed by atoms with Gasteiger partial charge in [-0.1, -0.05) is 30.3 Å². The largest absolute Gasteiger partial charge is 0.306 e. The molecule has 1 N–H and O–H groups in total. The minimum atomic E-state index is 0.373. The molecule has 1 aromatic carbocycles. The summed E-state index contributed by atoms with van der Waals surface area (Å²) in [6.07, 6.45) is 0. The van der Waals surface area contributed by atoms with E-state index < -0.39 is 0 Å². The van der Waals surface area contributed by atoms with Gasteiger partial charge < -0.3 is 10.2 Å². The maximum atomic E-state index is 4.77. The van der Waals surface area contributed by atoms with E-state index in [0.29, 0.717) is 6.04 Å². The number of nitrogens with zero attached hydrogens (tertiary/aromatic N) is 2. The molecule has 1 unspecified atom stereocenters. The molecule has 2 heterocycles. The van der Waals surface area contributed by atoms with Crippen molar-refractivity contribution in [3.8, 4) is 10.6 Å². The smallest absolute Gasteiger partial charge is 0.123 e. The number of rotatable bonds is 2. The average Bonchev–Trinajstić information content (AvgIpc) is 2.89. The van der Waals surface area contributed by atoms with Gasteiger partial charge >= 0.3 is 0 Å². The summed E-state index contributed by atoms with van der Waals surface area (Å²) >= 11 is 1.73. The first-order valence-electron chi connectivity index (χ1n) is 6.26. The fourth-order valence-electron chi connectivity index (χ4n) is 2.25. The van der Waals surface area contributed by atoms with Crippen LogP contribution in [-0.2, 0) is 0 Å². The van der Waals surface area contributed by atoms with Crippen molar-refractivity contribution < 1.29 is 0 Å². The van der Waals surface area contributed by atoms with E-state index in [9.17, 15) is 0 Å². The highest BCUT2D eigenvalue weighted by atomic mass is 32.1. The second kappa shape index (κ2) is 5.18. The van der Waals surface area contributed by atoms with Gasteiger partial charge in [0.25, 0.3) is 0 Å². The van der Waals surface area contributed by atoms with Crippen LogP contribution in [0.5, 0.6) is 0 Å². The fourth-order valence-corrected chi connectivity index (χ4v) is 3.13. The standard InChI is InChI=1S/C14H17N3S/c1-17-8-7-15-12(9-17)13-10-18-14(16-13)11-5-3-2-4-6-11/h2-6,10,12,15H,7-9H2,1H3. The van der Waals surface area contributed by atoms with Crippen molar-refractivity contribution in [2.45, 2.75) is 6.04 Å². The molecule has 0 radical (unpaired) electrons. The van der Waals surface area contributed by atoms with E-state index in [4.69, 9.17) is 4.98 Å². The average molecular weight is 259 g/mol. The number of aromatic nitrogens is 1. The molecular formula is C14H17N3S. The summed E-state index contributed by atoms with van der Waals surface area (Å²) in [7, 11) is 2.16. The predicted molar refractivity (Wildman–Crippen MR) is 75.8 cm³/mol. The maximum absolute atomic E-state index is 4.77. The molecule has 4 heteroatoms. The third kappa shape index (κ3) is 2.46. The van der Waals surface area contributed by atoms with Crippen molar-refractivity contribution in [2.24, 2.45) is 0 Å². The Morgan fingerprint density at radius 2 is 2.17 bits per heavy atom. The Bertz CT molecular complexity index is 509. The van der Waals surface area contributed by atoms with E-state index >= 15 is 0 Å². The molecule has 0 spiro atoms. The number of hydrogen-bond acceptors (Lipinski definition) is 4. The van der Waals surface area contributed by atoms with Gasteiger partial charge in [-0.05, 0) is 7.05 Å². The SMILES string of the molecule is CN1CCNC(c2csc(-c3ccccc3)n2)C1. The van der Waals surface area contributed by atoms with Gasteiger partial charge in [-0.2, -0.15) is 0 Å². The van der Waals surface area contributed by atoms with Gasteiger partial charge in [0.05, 0.1) is 11.7 Å². The quantitative estimate of drug-likeness (QED) is 0.897. The zero-order chi connectivity index (χ0) is 12.4. The lowest BCUT2D eigenvalue weighted by atomic mass is 10.1. The summed E-state index contributed by atoms with van der Waals surface area (Å²) in [6.45, 7) is 3.20. The molecule has 0 aliphatic carbocycles. The number of nitrogens with one attached hydrogen (secondary N) is 1. The molecule has 3 nitrogen and oxygen atoms in total. The molecule has 94 valence electrons. The highest BCUT2D eigenvalue weighted by Crippen LogP contribution is 2.26. The molecule has 1 aliphatic rings. The van der Waals surface area contributed by atoms with Crippen molar-refractivity contribution in [2.75, 3.05) is 26.7 Å². The number of piperazine rings is 1. The predicted octanol–water partition coefficient (Wildman–Crippen LogP) is 2.39. The molecular weight excluding hydrogens is 242 g/mol. The van der Waals surface area contributed by atoms with E-state index in [1.165, 1.54) is 11.3 Å². The molecule has 1 atom stereocenters. The number of benzene rings is 1. The lowest BCUT2D eigenvalue weighted by Crippen LogP contribution is -2.43. The second-order valence-electron chi connectivity index (χ2n) is 4.71. The Morgan fingerprint density at radius 1 is 1.33 bits per heavy atom. The van der Waals surface area contributed by atoms with E-state index in [-0.39, 0.29) is 0 Å². The molecule has 18 heavy (non-hydrogen) atoms. The van der Waals surface area contributed by atoms with Gasteiger partial charge in [-0.25, -0.2) is 4.98 Å². The molecule has 1 fully saturated rings. The van der Waals surface area contributed by atoms with Gasteiger partial charge in [0.1, 0.15) is 5.01 Å². The third-order valence-corrected chi connectivity index (χ3v) is 4.19. The summed E-state index contributed by atoms with van der Waals surface area (Å²) in [4.78, 5) is 7.12. The van der Waals surface area contributed by atoms with E-state index in [1.807, 2.05) is 6.07 Å². The fraction of sp³-hybridized carbons (Fsp3) is 0.357. The monoisotopic (exact) mass is 259 g/mol. The molecule has 0 amide bonds. The lowest BCUT2D eigenvalue weighted by Gasteiger charge is -2.29. The van der Waals surface area contributed by atoms with Crippen molar-refractivity contribution in [3.05, 3.63) is 41.4 Å². The molecule has 1 aromatic heterocycles. The van der Waals surface area contributed by atoms with Crippen LogP contribution in [0.3, 0.4) is 0 Å². The van der Waals surface area contributed by atoms with Crippen LogP contribution < -0.4 is 5.32 Å². The molecule has 1 aliphatic heterocycles. The third-order valence-electron chi connectivity index (χ3n) is 3.28. The van der Waals surface area contributed by atoms with Gasteiger partial charge in [0.2, 0.25) is 0 Å². The molecule has 0 saturated carbocycles. The normalized spacial score (nSPS) is 21.1. The van der Waals surface area contributed by atoms with Gasteiger partial charge in [0.15, 0.2) is 0 Å². The number of thiazole rings is 1. The van der Waals surface area contributed by atoms with Crippen LogP contribution in [0.4, 0.5) is 0 Å². The molecule has 1 saturated heterocycles. The Kier molecular flexibility index (Phi) is 3.41. The summed E-state index contributed by atoms with van der Waals surface area (Å²) < 4.78 is 0. The highest BCUT2D eigenvalue weighted by Gasteiger charge is 2.20. The first kappa shape index (κ1) is 11.8. The van der Waals surface area contributed by atoms with E-state index in [1.54, 1.807) is 11.3 Å². The molecule has 2 aromatic rings. The Balaban J connectivity index is 1.81. The lowest BCUT2D eigenvalue weighted by molar-refractivity contribution is 0.238. The second-order valence-corrected chi connectivity index (χ2v) is 5.57.